The van der Waals surface area contributed by atoms with Crippen molar-refractivity contribution in [2.45, 2.75) is 13.8 Å². The Bertz CT molecular complexity index is 722. The van der Waals surface area contributed by atoms with Gasteiger partial charge in [0.25, 0.3) is 20.1 Å². The Morgan fingerprint density at radius 1 is 0.667 bits per heavy atom. The van der Waals surface area contributed by atoms with Crippen molar-refractivity contribution in [3.05, 3.63) is 70.8 Å². The maximum Gasteiger partial charge on any atom is 0.284 e. The van der Waals surface area contributed by atoms with E-state index in [4.69, 9.17) is 0 Å². The Labute approximate surface area is 123 Å². The molecule has 0 atom stereocenters. The molecule has 2 rings (SSSR count). The maximum atomic E-state index is 12.1. The first-order chi connectivity index (χ1) is 9.82. The average molecular weight is 302 g/mol. The van der Waals surface area contributed by atoms with Gasteiger partial charge in [-0.1, -0.05) is 59.7 Å². The van der Waals surface area contributed by atoms with E-state index in [1.165, 1.54) is 24.3 Å². The van der Waals surface area contributed by atoms with Crippen LogP contribution in [-0.4, -0.2) is 18.6 Å². The second-order valence-electron chi connectivity index (χ2n) is 4.81. The Morgan fingerprint density at radius 3 is 1.24 bits per heavy atom. The van der Waals surface area contributed by atoms with Crippen molar-refractivity contribution in [3.8, 4) is 0 Å². The van der Waals surface area contributed by atoms with E-state index in [2.05, 4.69) is 0 Å². The average Bonchev–Trinajstić information content (AvgIpc) is 2.47. The molecule has 2 aromatic rings. The summed E-state index contributed by atoms with van der Waals surface area (Å²) in [7, 11) is -4.55. The molecular formula is C16H14O4S. The Kier molecular flexibility index (Phi) is 4.04. The number of aryl methyl sites for hydroxylation is 2. The maximum absolute atomic E-state index is 12.1. The zero-order valence-corrected chi connectivity index (χ0v) is 12.5. The molecule has 108 valence electrons. The fourth-order valence-electron chi connectivity index (χ4n) is 1.77. The highest BCUT2D eigenvalue weighted by Gasteiger charge is 2.33. The van der Waals surface area contributed by atoms with E-state index >= 15 is 0 Å². The molecule has 0 aliphatic carbocycles. The van der Waals surface area contributed by atoms with Gasteiger partial charge in [-0.2, -0.15) is 0 Å². The monoisotopic (exact) mass is 302 g/mol. The van der Waals surface area contributed by atoms with Gasteiger partial charge < -0.3 is 0 Å². The van der Waals surface area contributed by atoms with Gasteiger partial charge in [0.1, 0.15) is 0 Å². The minimum Gasteiger partial charge on any atom is -0.275 e. The van der Waals surface area contributed by atoms with Crippen molar-refractivity contribution in [1.82, 2.24) is 0 Å². The summed E-state index contributed by atoms with van der Waals surface area (Å²) < 4.78 is 24.2. The van der Waals surface area contributed by atoms with Crippen LogP contribution >= 0.6 is 0 Å². The van der Waals surface area contributed by atoms with Gasteiger partial charge in [-0.05, 0) is 13.8 Å². The lowest BCUT2D eigenvalue weighted by atomic mass is 10.2. The summed E-state index contributed by atoms with van der Waals surface area (Å²) in [6.07, 6.45) is 0. The van der Waals surface area contributed by atoms with Crippen LogP contribution in [-0.2, 0) is 9.84 Å². The molecule has 0 aromatic heterocycles. The summed E-state index contributed by atoms with van der Waals surface area (Å²) in [6.45, 7) is 3.64. The van der Waals surface area contributed by atoms with Gasteiger partial charge in [-0.3, -0.25) is 9.59 Å². The minimum absolute atomic E-state index is 0.0129. The topological polar surface area (TPSA) is 68.3 Å². The van der Waals surface area contributed by atoms with Crippen LogP contribution in [0.25, 0.3) is 0 Å². The Balaban J connectivity index is 2.37. The summed E-state index contributed by atoms with van der Waals surface area (Å²) in [5.41, 5.74) is 1.77. The SMILES string of the molecule is Cc1ccc(C(=O)S(=O)(=O)C(=O)c2ccc(C)cc2)cc1. The highest BCUT2D eigenvalue weighted by Crippen LogP contribution is 2.14. The number of hydrogen-bond donors (Lipinski definition) is 0. The molecule has 0 saturated carbocycles. The van der Waals surface area contributed by atoms with E-state index < -0.39 is 20.1 Å². The van der Waals surface area contributed by atoms with Crippen molar-refractivity contribution >= 4 is 20.1 Å². The highest BCUT2D eigenvalue weighted by molar-refractivity contribution is 8.19. The standard InChI is InChI=1S/C16H14O4S/c1-11-3-7-13(8-4-11)15(17)21(19,20)16(18)14-9-5-12(2)6-10-14/h3-10H,1-2H3. The van der Waals surface area contributed by atoms with Crippen LogP contribution in [0.15, 0.2) is 48.5 Å². The summed E-state index contributed by atoms with van der Waals surface area (Å²) >= 11 is 0. The minimum atomic E-state index is -4.55. The first-order valence-corrected chi connectivity index (χ1v) is 7.78. The fraction of sp³-hybridized carbons (Fsp3) is 0.125. The number of rotatable bonds is 2. The van der Waals surface area contributed by atoms with Crippen LogP contribution in [0.2, 0.25) is 0 Å². The van der Waals surface area contributed by atoms with Crippen molar-refractivity contribution in [2.24, 2.45) is 0 Å². The largest absolute Gasteiger partial charge is 0.284 e. The molecule has 21 heavy (non-hydrogen) atoms. The van der Waals surface area contributed by atoms with Crippen LogP contribution in [0.3, 0.4) is 0 Å². The number of sulfone groups is 1. The highest BCUT2D eigenvalue weighted by atomic mass is 32.2. The van der Waals surface area contributed by atoms with Gasteiger partial charge in [0.05, 0.1) is 0 Å². The third kappa shape index (κ3) is 3.08. The zero-order chi connectivity index (χ0) is 15.6. The predicted octanol–water partition coefficient (Wildman–Crippen LogP) is 2.70. The third-order valence-electron chi connectivity index (χ3n) is 3.06. The van der Waals surface area contributed by atoms with Gasteiger partial charge >= 0.3 is 0 Å². The molecule has 0 amide bonds. The van der Waals surface area contributed by atoms with Crippen molar-refractivity contribution in [3.63, 3.8) is 0 Å². The van der Waals surface area contributed by atoms with Crippen LogP contribution < -0.4 is 0 Å². The van der Waals surface area contributed by atoms with E-state index in [-0.39, 0.29) is 11.1 Å². The van der Waals surface area contributed by atoms with Crippen LogP contribution in [0.4, 0.5) is 0 Å². The normalized spacial score (nSPS) is 11.1. The summed E-state index contributed by atoms with van der Waals surface area (Å²) in [4.78, 5) is 24.1. The zero-order valence-electron chi connectivity index (χ0n) is 11.7. The molecular weight excluding hydrogens is 288 g/mol. The van der Waals surface area contributed by atoms with Crippen LogP contribution in [0.1, 0.15) is 31.8 Å². The quantitative estimate of drug-likeness (QED) is 0.855. The Hall–Kier alpha value is -2.27. The van der Waals surface area contributed by atoms with Crippen LogP contribution in [0, 0.1) is 13.8 Å². The summed E-state index contributed by atoms with van der Waals surface area (Å²) in [6, 6.07) is 12.1. The molecule has 0 aliphatic heterocycles. The summed E-state index contributed by atoms with van der Waals surface area (Å²) in [5, 5.41) is -2.35. The number of hydrogen-bond acceptors (Lipinski definition) is 4. The molecule has 4 nitrogen and oxygen atoms in total. The van der Waals surface area contributed by atoms with Crippen molar-refractivity contribution in [1.29, 1.82) is 0 Å². The molecule has 0 unspecified atom stereocenters. The molecule has 0 heterocycles. The molecule has 0 aliphatic rings. The number of carbonyl (C=O) groups is 2. The number of carbonyl (C=O) groups excluding carboxylic acids is 2. The lowest BCUT2D eigenvalue weighted by molar-refractivity contribution is 0.104. The summed E-state index contributed by atoms with van der Waals surface area (Å²) in [5.74, 6) is 0. The van der Waals surface area contributed by atoms with Gasteiger partial charge in [-0.15, -0.1) is 0 Å². The third-order valence-corrected chi connectivity index (χ3v) is 4.51. The smallest absolute Gasteiger partial charge is 0.275 e. The fourth-order valence-corrected chi connectivity index (χ4v) is 2.83. The van der Waals surface area contributed by atoms with Gasteiger partial charge in [0.2, 0.25) is 0 Å². The Morgan fingerprint density at radius 2 is 0.952 bits per heavy atom. The molecule has 0 fully saturated rings. The van der Waals surface area contributed by atoms with E-state index in [9.17, 15) is 18.0 Å². The van der Waals surface area contributed by atoms with Crippen LogP contribution in [0.5, 0.6) is 0 Å². The number of benzene rings is 2. The molecule has 0 N–H and O–H groups in total. The van der Waals surface area contributed by atoms with E-state index in [1.54, 1.807) is 24.3 Å². The molecule has 0 bridgehead atoms. The molecule has 2 aromatic carbocycles. The van der Waals surface area contributed by atoms with Gasteiger partial charge in [0, 0.05) is 11.1 Å². The molecule has 5 heteroatoms. The van der Waals surface area contributed by atoms with Crippen molar-refractivity contribution in [2.75, 3.05) is 0 Å². The molecule has 0 radical (unpaired) electrons. The van der Waals surface area contributed by atoms with E-state index in [0.717, 1.165) is 11.1 Å². The second-order valence-corrected chi connectivity index (χ2v) is 6.56. The van der Waals surface area contributed by atoms with Gasteiger partial charge in [0.15, 0.2) is 0 Å². The predicted molar refractivity (Wildman–Crippen MR) is 79.9 cm³/mol. The van der Waals surface area contributed by atoms with E-state index in [0.29, 0.717) is 0 Å². The lowest BCUT2D eigenvalue weighted by Crippen LogP contribution is -2.24. The first-order valence-electron chi connectivity index (χ1n) is 6.29. The van der Waals surface area contributed by atoms with Gasteiger partial charge in [-0.25, -0.2) is 8.42 Å². The first kappa shape index (κ1) is 15.1. The lowest BCUT2D eigenvalue weighted by Gasteiger charge is -2.04. The molecule has 0 spiro atoms. The van der Waals surface area contributed by atoms with Crippen molar-refractivity contribution < 1.29 is 18.0 Å². The van der Waals surface area contributed by atoms with E-state index in [1.807, 2.05) is 13.8 Å². The second kappa shape index (κ2) is 5.61. The molecule has 0 saturated heterocycles.